The van der Waals surface area contributed by atoms with Crippen molar-refractivity contribution in [3.8, 4) is 5.75 Å². The molecule has 0 aliphatic rings. The zero-order chi connectivity index (χ0) is 15.8. The van der Waals surface area contributed by atoms with Gasteiger partial charge in [-0.15, -0.1) is 11.8 Å². The van der Waals surface area contributed by atoms with Crippen LogP contribution in [0.4, 0.5) is 5.69 Å². The first-order valence-electron chi connectivity index (χ1n) is 6.96. The Morgan fingerprint density at radius 3 is 2.73 bits per heavy atom. The fourth-order valence-electron chi connectivity index (χ4n) is 1.83. The fourth-order valence-corrected chi connectivity index (χ4v) is 2.56. The Morgan fingerprint density at radius 2 is 2.00 bits per heavy atom. The maximum Gasteiger partial charge on any atom is 0.234 e. The number of halogens is 1. The summed E-state index contributed by atoms with van der Waals surface area (Å²) >= 11 is 7.35. The van der Waals surface area contributed by atoms with E-state index in [4.69, 9.17) is 16.3 Å². The van der Waals surface area contributed by atoms with E-state index in [0.29, 0.717) is 17.4 Å². The number of anilines is 1. The second-order valence-electron chi connectivity index (χ2n) is 4.77. The van der Waals surface area contributed by atoms with Crippen molar-refractivity contribution in [3.63, 3.8) is 0 Å². The summed E-state index contributed by atoms with van der Waals surface area (Å²) in [6.45, 7) is 2.56. The number of amides is 1. The number of benzene rings is 2. The topological polar surface area (TPSA) is 38.3 Å². The average Bonchev–Trinajstić information content (AvgIpc) is 2.49. The van der Waals surface area contributed by atoms with Gasteiger partial charge in [-0.3, -0.25) is 4.79 Å². The molecule has 5 heteroatoms. The molecule has 22 heavy (non-hydrogen) atoms. The first-order valence-corrected chi connectivity index (χ1v) is 8.49. The van der Waals surface area contributed by atoms with Crippen molar-refractivity contribution >= 4 is 35.0 Å². The van der Waals surface area contributed by atoms with E-state index < -0.39 is 0 Å². The second kappa shape index (κ2) is 8.71. The third-order valence-electron chi connectivity index (χ3n) is 2.85. The Kier molecular flexibility index (Phi) is 6.62. The van der Waals surface area contributed by atoms with Crippen molar-refractivity contribution in [1.82, 2.24) is 0 Å². The molecular formula is C17H18ClNO2S. The predicted octanol–water partition coefficient (Wildman–Crippen LogP) is 4.40. The zero-order valence-corrected chi connectivity index (χ0v) is 13.9. The van der Waals surface area contributed by atoms with Crippen LogP contribution in [0.5, 0.6) is 5.75 Å². The van der Waals surface area contributed by atoms with Gasteiger partial charge in [0, 0.05) is 16.5 Å². The van der Waals surface area contributed by atoms with E-state index in [1.807, 2.05) is 43.3 Å². The lowest BCUT2D eigenvalue weighted by molar-refractivity contribution is -0.113. The molecule has 2 aromatic rings. The van der Waals surface area contributed by atoms with Crippen LogP contribution in [0.15, 0.2) is 48.5 Å². The van der Waals surface area contributed by atoms with Crippen molar-refractivity contribution in [2.45, 2.75) is 6.92 Å². The van der Waals surface area contributed by atoms with Crippen molar-refractivity contribution in [1.29, 1.82) is 0 Å². The summed E-state index contributed by atoms with van der Waals surface area (Å²) in [5.41, 5.74) is 1.96. The minimum atomic E-state index is 0.00194. The minimum absolute atomic E-state index is 0.00194. The molecule has 0 atom stereocenters. The summed E-state index contributed by atoms with van der Waals surface area (Å²) < 4.78 is 5.57. The highest BCUT2D eigenvalue weighted by molar-refractivity contribution is 7.99. The van der Waals surface area contributed by atoms with E-state index in [2.05, 4.69) is 5.32 Å². The van der Waals surface area contributed by atoms with Gasteiger partial charge in [0.2, 0.25) is 5.91 Å². The summed E-state index contributed by atoms with van der Waals surface area (Å²) in [5.74, 6) is 1.96. The van der Waals surface area contributed by atoms with E-state index >= 15 is 0 Å². The molecule has 0 spiro atoms. The second-order valence-corrected chi connectivity index (χ2v) is 6.31. The Morgan fingerprint density at radius 1 is 1.23 bits per heavy atom. The third kappa shape index (κ3) is 6.00. The lowest BCUT2D eigenvalue weighted by atomic mass is 10.2. The molecule has 0 radical (unpaired) electrons. The number of ether oxygens (including phenoxy) is 1. The Labute approximate surface area is 140 Å². The Hall–Kier alpha value is -1.65. The molecule has 0 bridgehead atoms. The van der Waals surface area contributed by atoms with Crippen LogP contribution in [0.25, 0.3) is 0 Å². The van der Waals surface area contributed by atoms with Gasteiger partial charge < -0.3 is 10.1 Å². The van der Waals surface area contributed by atoms with Gasteiger partial charge in [-0.2, -0.15) is 0 Å². The van der Waals surface area contributed by atoms with Crippen molar-refractivity contribution in [2.75, 3.05) is 23.4 Å². The maximum atomic E-state index is 11.8. The van der Waals surface area contributed by atoms with Crippen molar-refractivity contribution < 1.29 is 9.53 Å². The zero-order valence-electron chi connectivity index (χ0n) is 12.3. The summed E-state index contributed by atoms with van der Waals surface area (Å²) in [7, 11) is 0. The lowest BCUT2D eigenvalue weighted by Crippen LogP contribution is -2.15. The molecule has 2 aromatic carbocycles. The van der Waals surface area contributed by atoms with Gasteiger partial charge in [-0.1, -0.05) is 23.7 Å². The lowest BCUT2D eigenvalue weighted by Gasteiger charge is -2.07. The number of carbonyl (C=O) groups excluding carboxylic acids is 1. The molecule has 0 saturated heterocycles. The number of hydrogen-bond acceptors (Lipinski definition) is 3. The first-order chi connectivity index (χ1) is 10.6. The monoisotopic (exact) mass is 335 g/mol. The van der Waals surface area contributed by atoms with E-state index in [9.17, 15) is 4.79 Å². The third-order valence-corrected chi connectivity index (χ3v) is 4.02. The molecule has 0 aliphatic carbocycles. The van der Waals surface area contributed by atoms with Crippen molar-refractivity contribution in [3.05, 3.63) is 59.1 Å². The van der Waals surface area contributed by atoms with Gasteiger partial charge in [0.05, 0.1) is 12.4 Å². The predicted molar refractivity (Wildman–Crippen MR) is 94.1 cm³/mol. The summed E-state index contributed by atoms with van der Waals surface area (Å²) in [6.07, 6.45) is 0. The SMILES string of the molecule is Cc1cccc(NC(=O)CSCCOc2ccc(Cl)cc2)c1. The van der Waals surface area contributed by atoms with Crippen LogP contribution in [0.1, 0.15) is 5.56 Å². The largest absolute Gasteiger partial charge is 0.493 e. The van der Waals surface area contributed by atoms with E-state index in [1.54, 1.807) is 23.9 Å². The molecule has 1 N–H and O–H groups in total. The molecular weight excluding hydrogens is 318 g/mol. The van der Waals surface area contributed by atoms with Gasteiger partial charge in [-0.25, -0.2) is 0 Å². The fraction of sp³-hybridized carbons (Fsp3) is 0.235. The molecule has 0 saturated carbocycles. The number of hydrogen-bond donors (Lipinski definition) is 1. The molecule has 0 aliphatic heterocycles. The maximum absolute atomic E-state index is 11.8. The molecule has 0 fully saturated rings. The van der Waals surface area contributed by atoms with E-state index in [1.165, 1.54) is 0 Å². The highest BCUT2D eigenvalue weighted by Crippen LogP contribution is 2.16. The number of carbonyl (C=O) groups is 1. The van der Waals surface area contributed by atoms with Crippen LogP contribution in [0.2, 0.25) is 5.02 Å². The number of thioether (sulfide) groups is 1. The highest BCUT2D eigenvalue weighted by Gasteiger charge is 2.03. The van der Waals surface area contributed by atoms with Gasteiger partial charge in [0.1, 0.15) is 5.75 Å². The number of aryl methyl sites for hydroxylation is 1. The normalized spacial score (nSPS) is 10.3. The van der Waals surface area contributed by atoms with Crippen LogP contribution < -0.4 is 10.1 Å². The average molecular weight is 336 g/mol. The molecule has 1 amide bonds. The highest BCUT2D eigenvalue weighted by atomic mass is 35.5. The first kappa shape index (κ1) is 16.7. The number of rotatable bonds is 7. The van der Waals surface area contributed by atoms with Gasteiger partial charge >= 0.3 is 0 Å². The smallest absolute Gasteiger partial charge is 0.234 e. The Bertz CT molecular complexity index is 616. The Balaban J connectivity index is 1.62. The standard InChI is InChI=1S/C17H18ClNO2S/c1-13-3-2-4-15(11-13)19-17(20)12-22-10-9-21-16-7-5-14(18)6-8-16/h2-8,11H,9-10,12H2,1H3,(H,19,20). The minimum Gasteiger partial charge on any atom is -0.493 e. The summed E-state index contributed by atoms with van der Waals surface area (Å²) in [4.78, 5) is 11.8. The van der Waals surface area contributed by atoms with Crippen molar-refractivity contribution in [2.24, 2.45) is 0 Å². The molecule has 0 aromatic heterocycles. The van der Waals surface area contributed by atoms with Gasteiger partial charge in [-0.05, 0) is 48.9 Å². The molecule has 116 valence electrons. The quantitative estimate of drug-likeness (QED) is 0.762. The number of nitrogens with one attached hydrogen (secondary N) is 1. The molecule has 0 heterocycles. The molecule has 3 nitrogen and oxygen atoms in total. The van der Waals surface area contributed by atoms with E-state index in [0.717, 1.165) is 22.8 Å². The summed E-state index contributed by atoms with van der Waals surface area (Å²) in [5, 5.41) is 3.57. The van der Waals surface area contributed by atoms with Crippen LogP contribution in [-0.2, 0) is 4.79 Å². The van der Waals surface area contributed by atoms with Crippen LogP contribution >= 0.6 is 23.4 Å². The van der Waals surface area contributed by atoms with Crippen LogP contribution in [-0.4, -0.2) is 24.0 Å². The van der Waals surface area contributed by atoms with Gasteiger partial charge in [0.25, 0.3) is 0 Å². The van der Waals surface area contributed by atoms with E-state index in [-0.39, 0.29) is 5.91 Å². The van der Waals surface area contributed by atoms with Crippen LogP contribution in [0, 0.1) is 6.92 Å². The molecule has 0 unspecified atom stereocenters. The van der Waals surface area contributed by atoms with Crippen LogP contribution in [0.3, 0.4) is 0 Å². The summed E-state index contributed by atoms with van der Waals surface area (Å²) in [6, 6.07) is 15.0. The molecule has 2 rings (SSSR count). The van der Waals surface area contributed by atoms with Gasteiger partial charge in [0.15, 0.2) is 0 Å².